The van der Waals surface area contributed by atoms with Crippen molar-refractivity contribution in [1.82, 2.24) is 4.98 Å². The van der Waals surface area contributed by atoms with Gasteiger partial charge in [0.25, 0.3) is 0 Å². The summed E-state index contributed by atoms with van der Waals surface area (Å²) in [5.41, 5.74) is 0.132. The van der Waals surface area contributed by atoms with Gasteiger partial charge in [-0.15, -0.1) is 0 Å². The number of pyridine rings is 1. The Bertz CT molecular complexity index is 418. The van der Waals surface area contributed by atoms with Gasteiger partial charge in [-0.25, -0.2) is 9.18 Å². The number of carboxylic acid groups (broad SMARTS) is 1. The van der Waals surface area contributed by atoms with Crippen LogP contribution >= 0.6 is 11.8 Å². The number of halogens is 1. The summed E-state index contributed by atoms with van der Waals surface area (Å²) in [6.45, 7) is 0. The maximum atomic E-state index is 12.5. The molecule has 0 atom stereocenters. The lowest BCUT2D eigenvalue weighted by Crippen LogP contribution is -2.11. The fourth-order valence-electron chi connectivity index (χ4n) is 0.708. The van der Waals surface area contributed by atoms with Gasteiger partial charge in [0.1, 0.15) is 10.9 Å². The first-order chi connectivity index (χ1) is 7.00. The summed E-state index contributed by atoms with van der Waals surface area (Å²) in [5, 5.41) is 21.9. The largest absolute Gasteiger partial charge is 0.476 e. The van der Waals surface area contributed by atoms with E-state index in [4.69, 9.17) is 15.9 Å². The van der Waals surface area contributed by atoms with Gasteiger partial charge in [-0.3, -0.25) is 15.8 Å². The van der Waals surface area contributed by atoms with Gasteiger partial charge in [-0.2, -0.15) is 0 Å². The van der Waals surface area contributed by atoms with E-state index in [0.717, 1.165) is 12.3 Å². The molecule has 78 valence electrons. The molecule has 7 heteroatoms. The average Bonchev–Trinajstić information content (AvgIpc) is 2.18. The van der Waals surface area contributed by atoms with Crippen LogP contribution < -0.4 is 0 Å². The van der Waals surface area contributed by atoms with E-state index in [1.54, 1.807) is 0 Å². The van der Waals surface area contributed by atoms with Gasteiger partial charge in [0.2, 0.25) is 0 Å². The number of carbonyl (C=O) groups is 1. The van der Waals surface area contributed by atoms with Crippen LogP contribution in [0.2, 0.25) is 0 Å². The predicted molar refractivity (Wildman–Crippen MR) is 54.0 cm³/mol. The average molecular weight is 227 g/mol. The maximum Gasteiger partial charge on any atom is 0.360 e. The zero-order chi connectivity index (χ0) is 11.4. The smallest absolute Gasteiger partial charge is 0.360 e. The van der Waals surface area contributed by atoms with Gasteiger partial charge >= 0.3 is 5.97 Å². The molecular weight excluding hydrogens is 221 g/mol. The highest BCUT2D eigenvalue weighted by Gasteiger charge is 2.13. The third-order valence-electron chi connectivity index (χ3n) is 1.36. The zero-order valence-corrected chi connectivity index (χ0v) is 8.14. The van der Waals surface area contributed by atoms with Crippen LogP contribution in [-0.2, 0) is 4.79 Å². The Kier molecular flexibility index (Phi) is 3.51. The molecule has 0 bridgehead atoms. The van der Waals surface area contributed by atoms with E-state index in [1.165, 1.54) is 6.07 Å². The minimum Gasteiger partial charge on any atom is -0.476 e. The highest BCUT2D eigenvalue weighted by molar-refractivity contribution is 8.28. The third-order valence-corrected chi connectivity index (χ3v) is 2.15. The Morgan fingerprint density at radius 3 is 2.60 bits per heavy atom. The SMILES string of the molecule is N=C(SC(=N)c1ccc(F)cn1)C(=O)O. The normalized spacial score (nSPS) is 9.67. The summed E-state index contributed by atoms with van der Waals surface area (Å²) in [5.74, 6) is -1.95. The summed E-state index contributed by atoms with van der Waals surface area (Å²) in [7, 11) is 0. The molecule has 0 saturated carbocycles. The summed E-state index contributed by atoms with van der Waals surface area (Å²) in [6.07, 6.45) is 0.925. The van der Waals surface area contributed by atoms with Crippen molar-refractivity contribution in [3.05, 3.63) is 29.8 Å². The van der Waals surface area contributed by atoms with E-state index >= 15 is 0 Å². The number of aliphatic carboxylic acids is 1. The fraction of sp³-hybridized carbons (Fsp3) is 0. The van der Waals surface area contributed by atoms with Crippen molar-refractivity contribution in [3.63, 3.8) is 0 Å². The lowest BCUT2D eigenvalue weighted by atomic mass is 10.4. The van der Waals surface area contributed by atoms with E-state index in [0.29, 0.717) is 11.8 Å². The number of hydrogen-bond acceptors (Lipinski definition) is 5. The zero-order valence-electron chi connectivity index (χ0n) is 7.32. The second-order valence-electron chi connectivity index (χ2n) is 2.43. The van der Waals surface area contributed by atoms with Crippen LogP contribution in [0.5, 0.6) is 0 Å². The van der Waals surface area contributed by atoms with Crippen LogP contribution in [0.25, 0.3) is 0 Å². The number of carboxylic acids is 1. The first-order valence-electron chi connectivity index (χ1n) is 3.71. The molecule has 0 aliphatic rings. The quantitative estimate of drug-likeness (QED) is 0.498. The maximum absolute atomic E-state index is 12.5. The van der Waals surface area contributed by atoms with Gasteiger partial charge in [0.05, 0.1) is 11.9 Å². The first-order valence-corrected chi connectivity index (χ1v) is 4.52. The highest BCUT2D eigenvalue weighted by Crippen LogP contribution is 2.11. The second kappa shape index (κ2) is 4.65. The Morgan fingerprint density at radius 2 is 2.13 bits per heavy atom. The Balaban J connectivity index is 2.74. The van der Waals surface area contributed by atoms with Crippen molar-refractivity contribution in [2.45, 2.75) is 0 Å². The third kappa shape index (κ3) is 3.13. The number of nitrogens with one attached hydrogen (secondary N) is 2. The van der Waals surface area contributed by atoms with E-state index in [1.807, 2.05) is 0 Å². The molecule has 0 radical (unpaired) electrons. The van der Waals surface area contributed by atoms with Crippen molar-refractivity contribution in [2.24, 2.45) is 0 Å². The van der Waals surface area contributed by atoms with Crippen LogP contribution in [-0.4, -0.2) is 26.1 Å². The molecule has 0 fully saturated rings. The number of rotatable bonds is 1. The lowest BCUT2D eigenvalue weighted by Gasteiger charge is -2.00. The van der Waals surface area contributed by atoms with Crippen molar-refractivity contribution < 1.29 is 14.3 Å². The molecule has 0 unspecified atom stereocenters. The van der Waals surface area contributed by atoms with Gasteiger partial charge < -0.3 is 5.11 Å². The van der Waals surface area contributed by atoms with E-state index in [9.17, 15) is 9.18 Å². The van der Waals surface area contributed by atoms with Crippen LogP contribution in [0.4, 0.5) is 4.39 Å². The molecule has 5 nitrogen and oxygen atoms in total. The lowest BCUT2D eigenvalue weighted by molar-refractivity contribution is -0.129. The number of thioether (sulfide) groups is 1. The number of hydrogen-bond donors (Lipinski definition) is 3. The van der Waals surface area contributed by atoms with Crippen LogP contribution in [0.15, 0.2) is 18.3 Å². The molecule has 0 aliphatic heterocycles. The van der Waals surface area contributed by atoms with Crippen molar-refractivity contribution >= 4 is 27.8 Å². The highest BCUT2D eigenvalue weighted by atomic mass is 32.2. The van der Waals surface area contributed by atoms with Crippen LogP contribution in [0.1, 0.15) is 5.69 Å². The topological polar surface area (TPSA) is 97.9 Å². The Labute approximate surface area is 88.4 Å². The molecule has 0 aromatic carbocycles. The minimum atomic E-state index is -1.41. The fourth-order valence-corrected chi connectivity index (χ4v) is 1.22. The summed E-state index contributed by atoms with van der Waals surface area (Å²) >= 11 is 0.449. The van der Waals surface area contributed by atoms with Crippen molar-refractivity contribution in [2.75, 3.05) is 0 Å². The molecule has 1 aromatic rings. The first kappa shape index (κ1) is 11.3. The number of aromatic nitrogens is 1. The predicted octanol–water partition coefficient (Wildman–Crippen LogP) is 1.34. The molecule has 15 heavy (non-hydrogen) atoms. The van der Waals surface area contributed by atoms with E-state index < -0.39 is 16.8 Å². The van der Waals surface area contributed by atoms with Crippen molar-refractivity contribution in [3.8, 4) is 0 Å². The summed E-state index contributed by atoms with van der Waals surface area (Å²) in [6, 6.07) is 2.36. The van der Waals surface area contributed by atoms with E-state index in [2.05, 4.69) is 4.98 Å². The van der Waals surface area contributed by atoms with Gasteiger partial charge in [0, 0.05) is 0 Å². The Hall–Kier alpha value is -1.76. The standard InChI is InChI=1S/C8H6FN3O2S/c9-4-1-2-5(12-3-4)6(10)15-7(11)8(13)14/h1-3,10-11H,(H,13,14). The molecule has 0 saturated heterocycles. The van der Waals surface area contributed by atoms with E-state index in [-0.39, 0.29) is 10.7 Å². The van der Waals surface area contributed by atoms with Crippen LogP contribution in [0, 0.1) is 16.6 Å². The van der Waals surface area contributed by atoms with Crippen molar-refractivity contribution in [1.29, 1.82) is 10.8 Å². The monoisotopic (exact) mass is 227 g/mol. The summed E-state index contributed by atoms with van der Waals surface area (Å²) in [4.78, 5) is 13.9. The molecule has 0 amide bonds. The molecule has 1 rings (SSSR count). The molecule has 0 aliphatic carbocycles. The molecule has 3 N–H and O–H groups in total. The molecular formula is C8H6FN3O2S. The Morgan fingerprint density at radius 1 is 1.47 bits per heavy atom. The summed E-state index contributed by atoms with van der Waals surface area (Å²) < 4.78 is 12.5. The van der Waals surface area contributed by atoms with Gasteiger partial charge in [-0.1, -0.05) is 0 Å². The number of nitrogens with zero attached hydrogens (tertiary/aromatic N) is 1. The molecule has 0 spiro atoms. The second-order valence-corrected chi connectivity index (χ2v) is 3.45. The van der Waals surface area contributed by atoms with Gasteiger partial charge in [-0.05, 0) is 23.9 Å². The molecule has 1 aromatic heterocycles. The molecule has 1 heterocycles. The van der Waals surface area contributed by atoms with Crippen LogP contribution in [0.3, 0.4) is 0 Å². The van der Waals surface area contributed by atoms with Gasteiger partial charge in [0.15, 0.2) is 5.04 Å². The minimum absolute atomic E-state index is 0.132.